The highest BCUT2D eigenvalue weighted by atomic mass is 19.1. The van der Waals surface area contributed by atoms with Gasteiger partial charge in [-0.15, -0.1) is 0 Å². The third-order valence-electron chi connectivity index (χ3n) is 1.91. The Morgan fingerprint density at radius 1 is 1.67 bits per heavy atom. The van der Waals surface area contributed by atoms with Crippen molar-refractivity contribution < 1.29 is 4.39 Å². The Bertz CT molecular complexity index is 138. The first kappa shape index (κ1) is 11.4. The van der Waals surface area contributed by atoms with Crippen LogP contribution in [0.3, 0.4) is 0 Å². The minimum atomic E-state index is -0.281. The van der Waals surface area contributed by atoms with E-state index in [0.717, 1.165) is 6.54 Å². The second-order valence-corrected chi connectivity index (χ2v) is 3.10. The summed E-state index contributed by atoms with van der Waals surface area (Å²) in [5, 5.41) is 7.07. The molecule has 0 fully saturated rings. The Labute approximate surface area is 73.2 Å². The number of nitrogens with one attached hydrogen (secondary N) is 1. The fraction of sp³-hybridized carbons (Fsp3) is 0.875. The van der Waals surface area contributed by atoms with Crippen LogP contribution in [0, 0.1) is 5.41 Å². The smallest absolute Gasteiger partial charge is 0.0920 e. The maximum atomic E-state index is 11.8. The Morgan fingerprint density at radius 3 is 2.67 bits per heavy atom. The fourth-order valence-corrected chi connectivity index (χ4v) is 1.00. The number of halogens is 1. The van der Waals surface area contributed by atoms with E-state index in [1.165, 1.54) is 0 Å². The molecular weight excluding hydrogens is 157 g/mol. The topological polar surface area (TPSA) is 53.1 Å². The molecule has 0 amide bonds. The van der Waals surface area contributed by atoms with E-state index in [4.69, 9.17) is 11.1 Å². The molecule has 0 aliphatic rings. The summed E-state index contributed by atoms with van der Waals surface area (Å²) < 4.78 is 11.8. The van der Waals surface area contributed by atoms with Crippen molar-refractivity contribution in [2.75, 3.05) is 20.3 Å². The Hall–Kier alpha value is -0.640. The summed E-state index contributed by atoms with van der Waals surface area (Å²) in [6, 6.07) is 0.231. The van der Waals surface area contributed by atoms with Crippen molar-refractivity contribution >= 4 is 5.84 Å². The molecule has 0 saturated heterocycles. The van der Waals surface area contributed by atoms with Crippen LogP contribution in [0.5, 0.6) is 0 Å². The van der Waals surface area contributed by atoms with Crippen molar-refractivity contribution in [1.82, 2.24) is 4.90 Å². The van der Waals surface area contributed by atoms with Crippen LogP contribution >= 0.6 is 0 Å². The molecule has 0 aliphatic heterocycles. The first-order valence-electron chi connectivity index (χ1n) is 4.17. The van der Waals surface area contributed by atoms with Gasteiger partial charge in [-0.2, -0.15) is 0 Å². The predicted octanol–water partition coefficient (Wildman–Crippen LogP) is 0.992. The van der Waals surface area contributed by atoms with E-state index in [1.807, 2.05) is 18.9 Å². The molecule has 3 nitrogen and oxygen atoms in total. The maximum Gasteiger partial charge on any atom is 0.0920 e. The molecule has 1 unspecified atom stereocenters. The van der Waals surface area contributed by atoms with Gasteiger partial charge in [0.2, 0.25) is 0 Å². The van der Waals surface area contributed by atoms with Gasteiger partial charge in [0, 0.05) is 19.0 Å². The second kappa shape index (κ2) is 5.94. The lowest BCUT2D eigenvalue weighted by Crippen LogP contribution is -2.33. The van der Waals surface area contributed by atoms with Crippen molar-refractivity contribution in [2.45, 2.75) is 25.8 Å². The summed E-state index contributed by atoms with van der Waals surface area (Å²) in [6.07, 6.45) is 1.11. The average Bonchev–Trinajstić information content (AvgIpc) is 1.98. The van der Waals surface area contributed by atoms with Crippen molar-refractivity contribution in [3.63, 3.8) is 0 Å². The van der Waals surface area contributed by atoms with Gasteiger partial charge in [-0.1, -0.05) is 0 Å². The second-order valence-electron chi connectivity index (χ2n) is 3.10. The van der Waals surface area contributed by atoms with Gasteiger partial charge < -0.3 is 10.6 Å². The molecule has 72 valence electrons. The molecule has 0 heterocycles. The molecule has 0 rings (SSSR count). The SMILES string of the molecule is CC(CC(=N)N)N(C)CCCF. The summed E-state index contributed by atoms with van der Waals surface area (Å²) >= 11 is 0. The van der Waals surface area contributed by atoms with Gasteiger partial charge >= 0.3 is 0 Å². The van der Waals surface area contributed by atoms with E-state index >= 15 is 0 Å². The quantitative estimate of drug-likeness (QED) is 0.467. The van der Waals surface area contributed by atoms with Crippen molar-refractivity contribution in [3.05, 3.63) is 0 Å². The number of nitrogens with zero attached hydrogens (tertiary/aromatic N) is 1. The molecule has 0 aliphatic carbocycles. The van der Waals surface area contributed by atoms with Crippen molar-refractivity contribution in [2.24, 2.45) is 5.73 Å². The monoisotopic (exact) mass is 175 g/mol. The van der Waals surface area contributed by atoms with E-state index in [-0.39, 0.29) is 18.6 Å². The summed E-state index contributed by atoms with van der Waals surface area (Å²) in [5.41, 5.74) is 5.24. The summed E-state index contributed by atoms with van der Waals surface area (Å²) in [5.74, 6) is 0.189. The Balaban J connectivity index is 3.60. The number of alkyl halides is 1. The van der Waals surface area contributed by atoms with Gasteiger partial charge in [0.1, 0.15) is 0 Å². The van der Waals surface area contributed by atoms with Crippen LogP contribution < -0.4 is 5.73 Å². The van der Waals surface area contributed by atoms with Gasteiger partial charge in [0.25, 0.3) is 0 Å². The molecule has 1 atom stereocenters. The number of nitrogens with two attached hydrogens (primary N) is 1. The number of rotatable bonds is 6. The fourth-order valence-electron chi connectivity index (χ4n) is 1.00. The molecular formula is C8H18FN3. The molecule has 0 bridgehead atoms. The minimum absolute atomic E-state index is 0.189. The molecule has 4 heteroatoms. The van der Waals surface area contributed by atoms with Gasteiger partial charge in [0.05, 0.1) is 12.5 Å². The molecule has 12 heavy (non-hydrogen) atoms. The number of hydrogen-bond acceptors (Lipinski definition) is 2. The maximum absolute atomic E-state index is 11.8. The number of hydrogen-bond donors (Lipinski definition) is 2. The largest absolute Gasteiger partial charge is 0.388 e. The molecule has 0 aromatic heterocycles. The van der Waals surface area contributed by atoms with Gasteiger partial charge in [-0.25, -0.2) is 0 Å². The van der Waals surface area contributed by atoms with E-state index in [2.05, 4.69) is 0 Å². The zero-order chi connectivity index (χ0) is 9.56. The van der Waals surface area contributed by atoms with Crippen molar-refractivity contribution in [1.29, 1.82) is 5.41 Å². The van der Waals surface area contributed by atoms with Crippen LogP contribution in [0.15, 0.2) is 0 Å². The normalized spacial score (nSPS) is 13.3. The molecule has 0 spiro atoms. The molecule has 0 saturated carbocycles. The van der Waals surface area contributed by atoms with E-state index in [9.17, 15) is 4.39 Å². The van der Waals surface area contributed by atoms with Crippen LogP contribution in [0.2, 0.25) is 0 Å². The van der Waals surface area contributed by atoms with E-state index in [1.54, 1.807) is 0 Å². The van der Waals surface area contributed by atoms with E-state index < -0.39 is 0 Å². The highest BCUT2D eigenvalue weighted by Crippen LogP contribution is 2.01. The lowest BCUT2D eigenvalue weighted by atomic mass is 10.2. The summed E-state index contributed by atoms with van der Waals surface area (Å²) in [4.78, 5) is 2.01. The molecule has 0 aromatic carbocycles. The van der Waals surface area contributed by atoms with Crippen LogP contribution in [0.4, 0.5) is 4.39 Å². The third kappa shape index (κ3) is 5.07. The average molecular weight is 175 g/mol. The first-order chi connectivity index (χ1) is 5.57. The zero-order valence-corrected chi connectivity index (χ0v) is 7.81. The molecule has 0 aromatic rings. The van der Waals surface area contributed by atoms with Crippen molar-refractivity contribution in [3.8, 4) is 0 Å². The predicted molar refractivity (Wildman–Crippen MR) is 49.2 cm³/mol. The summed E-state index contributed by atoms with van der Waals surface area (Å²) in [6.45, 7) is 2.43. The van der Waals surface area contributed by atoms with Gasteiger partial charge in [-0.3, -0.25) is 9.80 Å². The van der Waals surface area contributed by atoms with Crippen LogP contribution in [-0.4, -0.2) is 37.0 Å². The highest BCUT2D eigenvalue weighted by molar-refractivity contribution is 5.77. The summed E-state index contributed by atoms with van der Waals surface area (Å²) in [7, 11) is 1.92. The minimum Gasteiger partial charge on any atom is -0.388 e. The van der Waals surface area contributed by atoms with Crippen LogP contribution in [0.25, 0.3) is 0 Å². The molecule has 0 radical (unpaired) electrons. The van der Waals surface area contributed by atoms with E-state index in [0.29, 0.717) is 12.8 Å². The zero-order valence-electron chi connectivity index (χ0n) is 7.81. The lowest BCUT2D eigenvalue weighted by Gasteiger charge is -2.23. The Morgan fingerprint density at radius 2 is 2.25 bits per heavy atom. The number of amidine groups is 1. The van der Waals surface area contributed by atoms with Gasteiger partial charge in [0.15, 0.2) is 0 Å². The molecule has 3 N–H and O–H groups in total. The van der Waals surface area contributed by atoms with Crippen LogP contribution in [0.1, 0.15) is 19.8 Å². The Kier molecular flexibility index (Phi) is 5.62. The van der Waals surface area contributed by atoms with Crippen LogP contribution in [-0.2, 0) is 0 Å². The first-order valence-corrected chi connectivity index (χ1v) is 4.17. The standard InChI is InChI=1S/C8H18FN3/c1-7(6-8(10)11)12(2)5-3-4-9/h7H,3-6H2,1-2H3,(H3,10,11). The lowest BCUT2D eigenvalue weighted by molar-refractivity contribution is 0.249. The third-order valence-corrected chi connectivity index (χ3v) is 1.91. The van der Waals surface area contributed by atoms with Gasteiger partial charge in [-0.05, 0) is 20.4 Å². The highest BCUT2D eigenvalue weighted by Gasteiger charge is 2.09.